The summed E-state index contributed by atoms with van der Waals surface area (Å²) in [7, 11) is 0. The third-order valence-electron chi connectivity index (χ3n) is 4.66. The van der Waals surface area contributed by atoms with Crippen molar-refractivity contribution in [1.82, 2.24) is 4.90 Å². The van der Waals surface area contributed by atoms with E-state index in [0.717, 1.165) is 43.5 Å². The standard InChI is InChI=1S/C20H24N2O/c21-12-9-16-5-4-8-19(15-16)20(23)22-13-10-18(11-14-22)17-6-2-1-3-7-17/h1-8,15,18H,9-14,21H2. The van der Waals surface area contributed by atoms with Crippen molar-refractivity contribution in [3.63, 3.8) is 0 Å². The van der Waals surface area contributed by atoms with Crippen LogP contribution in [0.3, 0.4) is 0 Å². The van der Waals surface area contributed by atoms with Crippen molar-refractivity contribution in [2.75, 3.05) is 19.6 Å². The minimum atomic E-state index is 0.149. The molecule has 1 fully saturated rings. The maximum Gasteiger partial charge on any atom is 0.253 e. The largest absolute Gasteiger partial charge is 0.339 e. The first kappa shape index (κ1) is 15.8. The van der Waals surface area contributed by atoms with E-state index in [4.69, 9.17) is 5.73 Å². The van der Waals surface area contributed by atoms with Gasteiger partial charge in [0.05, 0.1) is 0 Å². The smallest absolute Gasteiger partial charge is 0.253 e. The number of amides is 1. The fourth-order valence-corrected chi connectivity index (χ4v) is 3.35. The molecular formula is C20H24N2O. The lowest BCUT2D eigenvalue weighted by molar-refractivity contribution is 0.0713. The van der Waals surface area contributed by atoms with E-state index in [1.165, 1.54) is 5.56 Å². The van der Waals surface area contributed by atoms with Crippen molar-refractivity contribution in [2.24, 2.45) is 5.73 Å². The number of carbonyl (C=O) groups excluding carboxylic acids is 1. The average molecular weight is 308 g/mol. The number of likely N-dealkylation sites (tertiary alicyclic amines) is 1. The van der Waals surface area contributed by atoms with E-state index < -0.39 is 0 Å². The molecule has 0 radical (unpaired) electrons. The van der Waals surface area contributed by atoms with Crippen molar-refractivity contribution >= 4 is 5.91 Å². The third-order valence-corrected chi connectivity index (χ3v) is 4.66. The van der Waals surface area contributed by atoms with Crippen molar-refractivity contribution in [1.29, 1.82) is 0 Å². The monoisotopic (exact) mass is 308 g/mol. The number of hydrogen-bond donors (Lipinski definition) is 1. The highest BCUT2D eigenvalue weighted by Crippen LogP contribution is 2.28. The minimum absolute atomic E-state index is 0.149. The van der Waals surface area contributed by atoms with Crippen LogP contribution >= 0.6 is 0 Å². The molecule has 2 aromatic rings. The van der Waals surface area contributed by atoms with Crippen LogP contribution in [0.4, 0.5) is 0 Å². The van der Waals surface area contributed by atoms with Gasteiger partial charge >= 0.3 is 0 Å². The molecular weight excluding hydrogens is 284 g/mol. The number of benzene rings is 2. The van der Waals surface area contributed by atoms with Crippen LogP contribution in [-0.2, 0) is 6.42 Å². The number of piperidine rings is 1. The molecule has 23 heavy (non-hydrogen) atoms. The second-order valence-corrected chi connectivity index (χ2v) is 6.22. The average Bonchev–Trinajstić information content (AvgIpc) is 2.62. The highest BCUT2D eigenvalue weighted by Gasteiger charge is 2.24. The summed E-state index contributed by atoms with van der Waals surface area (Å²) in [5.74, 6) is 0.721. The molecule has 3 nitrogen and oxygen atoms in total. The molecule has 0 aromatic heterocycles. The van der Waals surface area contributed by atoms with Gasteiger partial charge in [0, 0.05) is 18.7 Å². The van der Waals surface area contributed by atoms with Crippen LogP contribution < -0.4 is 5.73 Å². The van der Waals surface area contributed by atoms with Crippen molar-refractivity contribution in [3.8, 4) is 0 Å². The summed E-state index contributed by atoms with van der Waals surface area (Å²) >= 11 is 0. The van der Waals surface area contributed by atoms with Crippen LogP contribution in [0.5, 0.6) is 0 Å². The summed E-state index contributed by atoms with van der Waals surface area (Å²) in [6.07, 6.45) is 2.90. The number of carbonyl (C=O) groups is 1. The molecule has 0 bridgehead atoms. The molecule has 1 saturated heterocycles. The molecule has 2 N–H and O–H groups in total. The molecule has 0 spiro atoms. The third kappa shape index (κ3) is 3.80. The van der Waals surface area contributed by atoms with Crippen LogP contribution in [0.1, 0.15) is 40.2 Å². The maximum absolute atomic E-state index is 12.7. The molecule has 3 rings (SSSR count). The predicted molar refractivity (Wildman–Crippen MR) is 93.5 cm³/mol. The Balaban J connectivity index is 1.63. The zero-order valence-electron chi connectivity index (χ0n) is 13.4. The van der Waals surface area contributed by atoms with Gasteiger partial charge in [-0.3, -0.25) is 4.79 Å². The van der Waals surface area contributed by atoms with Crippen LogP contribution in [-0.4, -0.2) is 30.4 Å². The van der Waals surface area contributed by atoms with Crippen LogP contribution in [0, 0.1) is 0 Å². The van der Waals surface area contributed by atoms with Crippen molar-refractivity contribution in [2.45, 2.75) is 25.2 Å². The normalized spacial score (nSPS) is 15.6. The van der Waals surface area contributed by atoms with Gasteiger partial charge in [-0.1, -0.05) is 42.5 Å². The lowest BCUT2D eigenvalue weighted by atomic mass is 9.89. The summed E-state index contributed by atoms with van der Waals surface area (Å²) in [4.78, 5) is 14.7. The molecule has 0 saturated carbocycles. The van der Waals surface area contributed by atoms with E-state index in [9.17, 15) is 4.79 Å². The van der Waals surface area contributed by atoms with Crippen molar-refractivity contribution < 1.29 is 4.79 Å². The van der Waals surface area contributed by atoms with Gasteiger partial charge in [-0.15, -0.1) is 0 Å². The van der Waals surface area contributed by atoms with E-state index in [2.05, 4.69) is 30.3 Å². The highest BCUT2D eigenvalue weighted by atomic mass is 16.2. The first-order valence-corrected chi connectivity index (χ1v) is 8.41. The molecule has 2 aromatic carbocycles. The van der Waals surface area contributed by atoms with Gasteiger partial charge in [0.1, 0.15) is 0 Å². The molecule has 0 atom stereocenters. The molecule has 1 amide bonds. The predicted octanol–water partition coefficient (Wildman–Crippen LogP) is 3.21. The van der Waals surface area contributed by atoms with Crippen LogP contribution in [0.25, 0.3) is 0 Å². The van der Waals surface area contributed by atoms with E-state index in [1.54, 1.807) is 0 Å². The summed E-state index contributed by atoms with van der Waals surface area (Å²) < 4.78 is 0. The lowest BCUT2D eigenvalue weighted by Gasteiger charge is -2.32. The quantitative estimate of drug-likeness (QED) is 0.942. The van der Waals surface area contributed by atoms with Gasteiger partial charge < -0.3 is 10.6 Å². The van der Waals surface area contributed by atoms with Gasteiger partial charge in [0.15, 0.2) is 0 Å². The second kappa shape index (κ2) is 7.42. The molecule has 120 valence electrons. The summed E-state index contributed by atoms with van der Waals surface area (Å²) in [6.45, 7) is 2.28. The van der Waals surface area contributed by atoms with E-state index in [-0.39, 0.29) is 5.91 Å². The van der Waals surface area contributed by atoms with E-state index >= 15 is 0 Å². The zero-order chi connectivity index (χ0) is 16.1. The first-order valence-electron chi connectivity index (χ1n) is 8.41. The number of rotatable bonds is 4. The molecule has 0 aliphatic carbocycles. The second-order valence-electron chi connectivity index (χ2n) is 6.22. The SMILES string of the molecule is NCCc1cccc(C(=O)N2CCC(c3ccccc3)CC2)c1. The maximum atomic E-state index is 12.7. The van der Waals surface area contributed by atoms with Crippen molar-refractivity contribution in [3.05, 3.63) is 71.3 Å². The first-order chi connectivity index (χ1) is 11.3. The lowest BCUT2D eigenvalue weighted by Crippen LogP contribution is -2.37. The zero-order valence-corrected chi connectivity index (χ0v) is 13.4. The fourth-order valence-electron chi connectivity index (χ4n) is 3.35. The highest BCUT2D eigenvalue weighted by molar-refractivity contribution is 5.94. The number of nitrogens with two attached hydrogens (primary N) is 1. The fraction of sp³-hybridized carbons (Fsp3) is 0.350. The Morgan fingerprint density at radius 1 is 1.04 bits per heavy atom. The molecule has 1 aliphatic rings. The topological polar surface area (TPSA) is 46.3 Å². The van der Waals surface area contributed by atoms with E-state index in [1.807, 2.05) is 29.2 Å². The molecule has 0 unspecified atom stereocenters. The summed E-state index contributed by atoms with van der Waals surface area (Å²) in [5.41, 5.74) is 8.92. The number of hydrogen-bond acceptors (Lipinski definition) is 2. The Kier molecular flexibility index (Phi) is 5.09. The molecule has 1 heterocycles. The minimum Gasteiger partial charge on any atom is -0.339 e. The molecule has 3 heteroatoms. The number of nitrogens with zero attached hydrogens (tertiary/aromatic N) is 1. The molecule has 1 aliphatic heterocycles. The van der Waals surface area contributed by atoms with Gasteiger partial charge in [0.2, 0.25) is 0 Å². The van der Waals surface area contributed by atoms with E-state index in [0.29, 0.717) is 12.5 Å². The van der Waals surface area contributed by atoms with Gasteiger partial charge in [-0.2, -0.15) is 0 Å². The Labute approximate surface area is 138 Å². The Morgan fingerprint density at radius 2 is 1.78 bits per heavy atom. The Bertz CT molecular complexity index is 646. The summed E-state index contributed by atoms with van der Waals surface area (Å²) in [6, 6.07) is 18.5. The Morgan fingerprint density at radius 3 is 2.48 bits per heavy atom. The summed E-state index contributed by atoms with van der Waals surface area (Å²) in [5, 5.41) is 0. The van der Waals surface area contributed by atoms with Gasteiger partial charge in [0.25, 0.3) is 5.91 Å². The van der Waals surface area contributed by atoms with Crippen LogP contribution in [0.2, 0.25) is 0 Å². The Hall–Kier alpha value is -2.13. The van der Waals surface area contributed by atoms with Crippen LogP contribution in [0.15, 0.2) is 54.6 Å². The van der Waals surface area contributed by atoms with Gasteiger partial charge in [-0.05, 0) is 55.0 Å². The van der Waals surface area contributed by atoms with Gasteiger partial charge in [-0.25, -0.2) is 0 Å².